The molecule has 1 atom stereocenters. The number of hydrogen-bond donors (Lipinski definition) is 2. The lowest BCUT2D eigenvalue weighted by Gasteiger charge is -2.20. The summed E-state index contributed by atoms with van der Waals surface area (Å²) in [5.41, 5.74) is 6.35. The summed E-state index contributed by atoms with van der Waals surface area (Å²) in [5.74, 6) is 0.385. The van der Waals surface area contributed by atoms with E-state index in [4.69, 9.17) is 17.3 Å². The van der Waals surface area contributed by atoms with Crippen LogP contribution in [0.4, 0.5) is 5.82 Å². The predicted molar refractivity (Wildman–Crippen MR) is 73.2 cm³/mol. The molecule has 0 saturated carbocycles. The van der Waals surface area contributed by atoms with Crippen LogP contribution in [0.25, 0.3) is 0 Å². The van der Waals surface area contributed by atoms with Crippen LogP contribution in [0.3, 0.4) is 0 Å². The van der Waals surface area contributed by atoms with Crippen molar-refractivity contribution in [2.75, 3.05) is 26.4 Å². The molecule has 0 fully saturated rings. The highest BCUT2D eigenvalue weighted by Gasteiger charge is 2.15. The minimum absolute atomic E-state index is 0.0217. The van der Waals surface area contributed by atoms with Gasteiger partial charge in [0, 0.05) is 26.1 Å². The molecule has 1 amide bonds. The Bertz CT molecular complexity index is 425. The number of carbonyl (C=O) groups is 1. The fourth-order valence-corrected chi connectivity index (χ4v) is 1.89. The summed E-state index contributed by atoms with van der Waals surface area (Å²) in [6.45, 7) is 3.07. The summed E-state index contributed by atoms with van der Waals surface area (Å²) in [6.07, 6.45) is 0. The van der Waals surface area contributed by atoms with Crippen molar-refractivity contribution in [1.29, 1.82) is 0 Å². The van der Waals surface area contributed by atoms with Crippen molar-refractivity contribution in [1.82, 2.24) is 15.2 Å². The van der Waals surface area contributed by atoms with Gasteiger partial charge in [-0.1, -0.05) is 18.5 Å². The highest BCUT2D eigenvalue weighted by Crippen LogP contribution is 2.17. The molecule has 1 aromatic heterocycles. The zero-order chi connectivity index (χ0) is 13.7. The molecule has 0 saturated heterocycles. The monoisotopic (exact) mass is 270 g/mol. The van der Waals surface area contributed by atoms with E-state index < -0.39 is 0 Å². The van der Waals surface area contributed by atoms with Crippen molar-refractivity contribution in [3.8, 4) is 0 Å². The number of nitrogens with zero attached hydrogens (tertiary/aromatic N) is 2. The van der Waals surface area contributed by atoms with Crippen LogP contribution in [0.1, 0.15) is 12.6 Å². The number of carbonyl (C=O) groups excluding carboxylic acids is 1. The molecule has 1 rings (SSSR count). The highest BCUT2D eigenvalue weighted by molar-refractivity contribution is 6.31. The first-order chi connectivity index (χ1) is 8.43. The number of anilines is 1. The molecule has 0 aliphatic heterocycles. The summed E-state index contributed by atoms with van der Waals surface area (Å²) >= 11 is 6.04. The number of aromatic nitrogens is 1. The van der Waals surface area contributed by atoms with E-state index in [1.165, 1.54) is 0 Å². The van der Waals surface area contributed by atoms with Gasteiger partial charge in [-0.15, -0.1) is 0 Å². The molecule has 0 aliphatic carbocycles. The molecule has 0 spiro atoms. The summed E-state index contributed by atoms with van der Waals surface area (Å²) in [4.78, 5) is 17.6. The van der Waals surface area contributed by atoms with E-state index in [0.29, 0.717) is 23.9 Å². The normalized spacial score (nSPS) is 12.5. The number of pyridine rings is 1. The maximum atomic E-state index is 11.4. The molecule has 0 radical (unpaired) electrons. The van der Waals surface area contributed by atoms with E-state index in [1.54, 1.807) is 19.2 Å². The van der Waals surface area contributed by atoms with Crippen LogP contribution >= 0.6 is 11.6 Å². The van der Waals surface area contributed by atoms with Gasteiger partial charge in [-0.2, -0.15) is 0 Å². The summed E-state index contributed by atoms with van der Waals surface area (Å²) < 4.78 is 0. The lowest BCUT2D eigenvalue weighted by atomic mass is 10.1. The average molecular weight is 271 g/mol. The molecular weight excluding hydrogens is 252 g/mol. The summed E-state index contributed by atoms with van der Waals surface area (Å²) in [6, 6.07) is 3.40. The van der Waals surface area contributed by atoms with E-state index in [1.807, 2.05) is 18.9 Å². The maximum absolute atomic E-state index is 11.4. The number of rotatable bonds is 5. The number of nitrogens with one attached hydrogen (secondary N) is 1. The second kappa shape index (κ2) is 6.56. The smallest absolute Gasteiger partial charge is 0.223 e. The maximum Gasteiger partial charge on any atom is 0.223 e. The second-order valence-corrected chi connectivity index (χ2v) is 4.78. The zero-order valence-electron chi connectivity index (χ0n) is 10.9. The Labute approximate surface area is 112 Å². The van der Waals surface area contributed by atoms with Gasteiger partial charge in [-0.25, -0.2) is 4.98 Å². The van der Waals surface area contributed by atoms with Gasteiger partial charge in [0.25, 0.3) is 0 Å². The zero-order valence-corrected chi connectivity index (χ0v) is 11.7. The van der Waals surface area contributed by atoms with E-state index in [-0.39, 0.29) is 11.8 Å². The van der Waals surface area contributed by atoms with Gasteiger partial charge in [-0.3, -0.25) is 9.69 Å². The van der Waals surface area contributed by atoms with Gasteiger partial charge in [0.2, 0.25) is 5.91 Å². The number of hydrogen-bond acceptors (Lipinski definition) is 4. The first-order valence-corrected chi connectivity index (χ1v) is 6.13. The van der Waals surface area contributed by atoms with Crippen LogP contribution in [-0.2, 0) is 11.3 Å². The van der Waals surface area contributed by atoms with Crippen LogP contribution in [0.15, 0.2) is 12.1 Å². The Hall–Kier alpha value is -1.33. The van der Waals surface area contributed by atoms with Gasteiger partial charge >= 0.3 is 0 Å². The van der Waals surface area contributed by atoms with Crippen molar-refractivity contribution in [3.63, 3.8) is 0 Å². The van der Waals surface area contributed by atoms with Crippen molar-refractivity contribution < 1.29 is 4.79 Å². The fourth-order valence-electron chi connectivity index (χ4n) is 1.73. The third-order valence-electron chi connectivity index (χ3n) is 2.64. The van der Waals surface area contributed by atoms with Gasteiger partial charge < -0.3 is 11.1 Å². The summed E-state index contributed by atoms with van der Waals surface area (Å²) in [5, 5.41) is 3.21. The standard InChI is InChI=1S/C12H19ClN4O/c1-8(12(18)15-2)6-17(3)7-10-9(13)4-5-11(14)16-10/h4-5,8H,6-7H2,1-3H3,(H2,14,16)(H,15,18). The topological polar surface area (TPSA) is 71.2 Å². The van der Waals surface area contributed by atoms with Gasteiger partial charge in [0.05, 0.1) is 10.7 Å². The lowest BCUT2D eigenvalue weighted by molar-refractivity contribution is -0.124. The van der Waals surface area contributed by atoms with Gasteiger partial charge in [-0.05, 0) is 19.2 Å². The minimum Gasteiger partial charge on any atom is -0.384 e. The van der Waals surface area contributed by atoms with Crippen LogP contribution < -0.4 is 11.1 Å². The highest BCUT2D eigenvalue weighted by atomic mass is 35.5. The lowest BCUT2D eigenvalue weighted by Crippen LogP contribution is -2.34. The van der Waals surface area contributed by atoms with Crippen LogP contribution in [-0.4, -0.2) is 36.4 Å². The molecule has 0 bridgehead atoms. The Morgan fingerprint density at radius 2 is 2.28 bits per heavy atom. The SMILES string of the molecule is CNC(=O)C(C)CN(C)Cc1nc(N)ccc1Cl. The van der Waals surface area contributed by atoms with Crippen molar-refractivity contribution >= 4 is 23.3 Å². The molecule has 100 valence electrons. The van der Waals surface area contributed by atoms with Crippen LogP contribution in [0.2, 0.25) is 5.02 Å². The first-order valence-electron chi connectivity index (χ1n) is 5.75. The van der Waals surface area contributed by atoms with E-state index in [9.17, 15) is 4.79 Å². The number of nitrogen functional groups attached to an aromatic ring is 1. The van der Waals surface area contributed by atoms with Gasteiger partial charge in [0.15, 0.2) is 0 Å². The molecule has 1 aromatic rings. The van der Waals surface area contributed by atoms with Crippen molar-refractivity contribution in [3.05, 3.63) is 22.8 Å². The Morgan fingerprint density at radius 3 is 2.89 bits per heavy atom. The Morgan fingerprint density at radius 1 is 1.61 bits per heavy atom. The minimum atomic E-state index is -0.0835. The molecule has 0 aromatic carbocycles. The molecule has 0 aliphatic rings. The van der Waals surface area contributed by atoms with Crippen molar-refractivity contribution in [2.45, 2.75) is 13.5 Å². The second-order valence-electron chi connectivity index (χ2n) is 4.38. The fraction of sp³-hybridized carbons (Fsp3) is 0.500. The number of halogens is 1. The van der Waals surface area contributed by atoms with E-state index >= 15 is 0 Å². The van der Waals surface area contributed by atoms with Crippen molar-refractivity contribution in [2.24, 2.45) is 5.92 Å². The molecule has 3 N–H and O–H groups in total. The third-order valence-corrected chi connectivity index (χ3v) is 2.98. The molecule has 18 heavy (non-hydrogen) atoms. The third kappa shape index (κ3) is 4.16. The Kier molecular flexibility index (Phi) is 5.37. The number of nitrogens with two attached hydrogens (primary N) is 1. The Balaban J connectivity index is 2.61. The van der Waals surface area contributed by atoms with E-state index in [2.05, 4.69) is 10.3 Å². The van der Waals surface area contributed by atoms with E-state index in [0.717, 1.165) is 5.69 Å². The molecule has 1 heterocycles. The molecule has 1 unspecified atom stereocenters. The summed E-state index contributed by atoms with van der Waals surface area (Å²) in [7, 11) is 3.55. The number of amides is 1. The van der Waals surface area contributed by atoms with Crippen LogP contribution in [0, 0.1) is 5.92 Å². The predicted octanol–water partition coefficient (Wildman–Crippen LogP) is 1.13. The molecule has 6 heteroatoms. The van der Waals surface area contributed by atoms with Crippen LogP contribution in [0.5, 0.6) is 0 Å². The first kappa shape index (κ1) is 14.7. The quantitative estimate of drug-likeness (QED) is 0.841. The van der Waals surface area contributed by atoms with Gasteiger partial charge in [0.1, 0.15) is 5.82 Å². The largest absolute Gasteiger partial charge is 0.384 e. The average Bonchev–Trinajstić information content (AvgIpc) is 2.32. The molecule has 5 nitrogen and oxygen atoms in total. The molecular formula is C12H19ClN4O.